The SMILES string of the molecule is C=S(=O)(CCc1cccc(C)c1)CC1=C(C)CC(c2ccc(C)cc2)=N1.NC=O. The molecule has 1 heterocycles. The second-order valence-electron chi connectivity index (χ2n) is 7.52. The molecule has 154 valence electrons. The van der Waals surface area contributed by atoms with Gasteiger partial charge in [0.15, 0.2) is 0 Å². The highest BCUT2D eigenvalue weighted by atomic mass is 32.2. The first-order valence-corrected chi connectivity index (χ1v) is 11.7. The molecule has 2 N–H and O–H groups in total. The van der Waals surface area contributed by atoms with Crippen molar-refractivity contribution in [1.82, 2.24) is 0 Å². The molecular weight excluding hydrogens is 380 g/mol. The lowest BCUT2D eigenvalue weighted by atomic mass is 10.0. The molecule has 0 aliphatic carbocycles. The molecule has 2 aromatic carbocycles. The zero-order valence-electron chi connectivity index (χ0n) is 17.5. The summed E-state index contributed by atoms with van der Waals surface area (Å²) in [5.74, 6) is 5.11. The summed E-state index contributed by atoms with van der Waals surface area (Å²) >= 11 is 0. The van der Waals surface area contributed by atoms with Crippen LogP contribution in [0.5, 0.6) is 0 Å². The zero-order valence-corrected chi connectivity index (χ0v) is 18.3. The van der Waals surface area contributed by atoms with Crippen LogP contribution in [0.1, 0.15) is 35.6 Å². The van der Waals surface area contributed by atoms with Crippen LogP contribution in [0.15, 0.2) is 64.8 Å². The maximum Gasteiger partial charge on any atom is 0.204 e. The smallest absolute Gasteiger partial charge is 0.204 e. The molecule has 0 fully saturated rings. The van der Waals surface area contributed by atoms with E-state index in [2.05, 4.69) is 80.9 Å². The van der Waals surface area contributed by atoms with Crippen LogP contribution in [0.3, 0.4) is 0 Å². The Bertz CT molecular complexity index is 1020. The second-order valence-corrected chi connectivity index (χ2v) is 10.1. The highest BCUT2D eigenvalue weighted by Gasteiger charge is 2.19. The van der Waals surface area contributed by atoms with Crippen molar-refractivity contribution in [2.45, 2.75) is 33.6 Å². The molecule has 3 rings (SSSR count). The normalized spacial score (nSPS) is 15.2. The second kappa shape index (κ2) is 10.2. The number of carbonyl (C=O) groups is 1. The van der Waals surface area contributed by atoms with Gasteiger partial charge >= 0.3 is 0 Å². The van der Waals surface area contributed by atoms with Gasteiger partial charge in [0.2, 0.25) is 6.41 Å². The molecule has 0 saturated carbocycles. The van der Waals surface area contributed by atoms with Crippen molar-refractivity contribution in [3.8, 4) is 0 Å². The van der Waals surface area contributed by atoms with Crippen LogP contribution in [-0.4, -0.2) is 33.7 Å². The van der Waals surface area contributed by atoms with Crippen LogP contribution in [-0.2, 0) is 20.7 Å². The zero-order chi connectivity index (χ0) is 21.4. The Morgan fingerprint density at radius 1 is 1.10 bits per heavy atom. The minimum atomic E-state index is -2.19. The number of hydrogen-bond acceptors (Lipinski definition) is 3. The number of rotatable bonds is 6. The van der Waals surface area contributed by atoms with Gasteiger partial charge in [0.05, 0.1) is 17.2 Å². The number of nitrogens with two attached hydrogens (primary N) is 1. The average molecular weight is 411 g/mol. The average Bonchev–Trinajstić information content (AvgIpc) is 3.01. The van der Waals surface area contributed by atoms with Gasteiger partial charge < -0.3 is 5.73 Å². The van der Waals surface area contributed by atoms with E-state index in [-0.39, 0.29) is 6.41 Å². The van der Waals surface area contributed by atoms with Crippen molar-refractivity contribution in [2.24, 2.45) is 10.7 Å². The van der Waals surface area contributed by atoms with Crippen molar-refractivity contribution >= 4 is 27.5 Å². The summed E-state index contributed by atoms with van der Waals surface area (Å²) in [6, 6.07) is 16.8. The number of aliphatic imine (C=N–C) groups is 1. The Morgan fingerprint density at radius 2 is 1.76 bits per heavy atom. The largest absolute Gasteiger partial charge is 0.372 e. The Hall–Kier alpha value is -2.66. The molecule has 1 unspecified atom stereocenters. The minimum Gasteiger partial charge on any atom is -0.372 e. The van der Waals surface area contributed by atoms with Gasteiger partial charge in [0.25, 0.3) is 0 Å². The highest BCUT2D eigenvalue weighted by Crippen LogP contribution is 2.25. The summed E-state index contributed by atoms with van der Waals surface area (Å²) in [4.78, 5) is 13.4. The minimum absolute atomic E-state index is 0.250. The summed E-state index contributed by atoms with van der Waals surface area (Å²) in [6.45, 7) is 6.26. The number of aryl methyl sites for hydroxylation is 3. The predicted molar refractivity (Wildman–Crippen MR) is 125 cm³/mol. The number of primary amides is 1. The van der Waals surface area contributed by atoms with E-state index in [1.807, 2.05) is 0 Å². The Balaban J connectivity index is 0.000000941. The standard InChI is InChI=1S/C23H27NOS.CH3NO/c1-17-8-10-21(11-9-17)22-15-19(3)23(24-22)16-26(4,25)13-12-20-7-5-6-18(2)14-20;2-1-3/h5-11,14H,4,12-13,15-16H2,1-3H3;1H,(H2,2,3). The summed E-state index contributed by atoms with van der Waals surface area (Å²) < 4.78 is 13.0. The van der Waals surface area contributed by atoms with Crippen molar-refractivity contribution < 1.29 is 9.00 Å². The van der Waals surface area contributed by atoms with Crippen LogP contribution >= 0.6 is 0 Å². The van der Waals surface area contributed by atoms with Crippen molar-refractivity contribution in [3.05, 3.63) is 82.1 Å². The number of carbonyl (C=O) groups excluding carboxylic acids is 1. The highest BCUT2D eigenvalue weighted by molar-refractivity contribution is 8.00. The van der Waals surface area contributed by atoms with E-state index in [1.54, 1.807) is 0 Å². The number of benzene rings is 2. The van der Waals surface area contributed by atoms with Crippen LogP contribution in [0.4, 0.5) is 0 Å². The van der Waals surface area contributed by atoms with Gasteiger partial charge in [0.1, 0.15) is 0 Å². The topological polar surface area (TPSA) is 72.5 Å². The van der Waals surface area contributed by atoms with Gasteiger partial charge in [-0.25, -0.2) is 0 Å². The van der Waals surface area contributed by atoms with E-state index in [9.17, 15) is 4.21 Å². The molecule has 1 atom stereocenters. The van der Waals surface area contributed by atoms with Gasteiger partial charge in [-0.1, -0.05) is 59.7 Å². The number of nitrogens with zero attached hydrogens (tertiary/aromatic N) is 1. The first-order valence-electron chi connectivity index (χ1n) is 9.61. The fraction of sp³-hybridized carbons (Fsp3) is 0.292. The van der Waals surface area contributed by atoms with Crippen LogP contribution in [0.2, 0.25) is 0 Å². The van der Waals surface area contributed by atoms with Crippen LogP contribution in [0, 0.1) is 13.8 Å². The third-order valence-electron chi connectivity index (χ3n) is 4.82. The van der Waals surface area contributed by atoms with Gasteiger partial charge in [-0.3, -0.25) is 14.0 Å². The molecule has 5 heteroatoms. The molecule has 2 aromatic rings. The van der Waals surface area contributed by atoms with Gasteiger partial charge in [-0.15, -0.1) is 0 Å². The van der Waals surface area contributed by atoms with E-state index in [0.717, 1.165) is 29.8 Å². The molecule has 29 heavy (non-hydrogen) atoms. The fourth-order valence-electron chi connectivity index (χ4n) is 3.21. The lowest BCUT2D eigenvalue weighted by Crippen LogP contribution is -2.14. The molecule has 1 amide bonds. The van der Waals surface area contributed by atoms with E-state index in [0.29, 0.717) is 11.5 Å². The predicted octanol–water partition coefficient (Wildman–Crippen LogP) is 3.83. The first-order chi connectivity index (χ1) is 13.7. The quantitative estimate of drug-likeness (QED) is 0.581. The molecular formula is C24H30N2O2S. The van der Waals surface area contributed by atoms with Crippen LogP contribution in [0.25, 0.3) is 0 Å². The van der Waals surface area contributed by atoms with E-state index < -0.39 is 9.52 Å². The third-order valence-corrected chi connectivity index (χ3v) is 6.57. The molecule has 0 saturated heterocycles. The van der Waals surface area contributed by atoms with E-state index >= 15 is 0 Å². The summed E-state index contributed by atoms with van der Waals surface area (Å²) in [5.41, 5.74) is 12.3. The molecule has 0 radical (unpaired) electrons. The van der Waals surface area contributed by atoms with Gasteiger partial charge in [0, 0.05) is 12.2 Å². The van der Waals surface area contributed by atoms with E-state index in [1.165, 1.54) is 22.3 Å². The maximum absolute atomic E-state index is 13.0. The van der Waals surface area contributed by atoms with Gasteiger partial charge in [-0.05, 0) is 59.3 Å². The summed E-state index contributed by atoms with van der Waals surface area (Å²) in [5, 5.41) is 0. The van der Waals surface area contributed by atoms with Crippen LogP contribution < -0.4 is 5.73 Å². The Morgan fingerprint density at radius 3 is 2.38 bits per heavy atom. The molecule has 4 nitrogen and oxygen atoms in total. The Kier molecular flexibility index (Phi) is 7.97. The summed E-state index contributed by atoms with van der Waals surface area (Å²) in [6.07, 6.45) is 1.89. The lowest BCUT2D eigenvalue weighted by Gasteiger charge is -2.10. The number of amides is 1. The monoisotopic (exact) mass is 410 g/mol. The van der Waals surface area contributed by atoms with E-state index in [4.69, 9.17) is 9.79 Å². The summed E-state index contributed by atoms with van der Waals surface area (Å²) in [7, 11) is -2.19. The van der Waals surface area contributed by atoms with Crippen molar-refractivity contribution in [3.63, 3.8) is 0 Å². The number of allylic oxidation sites excluding steroid dienone is 1. The molecule has 1 aliphatic rings. The van der Waals surface area contributed by atoms with Gasteiger partial charge in [-0.2, -0.15) is 0 Å². The molecule has 0 aromatic heterocycles. The first kappa shape index (κ1) is 22.6. The van der Waals surface area contributed by atoms with Crippen molar-refractivity contribution in [1.29, 1.82) is 0 Å². The maximum atomic E-state index is 13.0. The number of hydrogen-bond donors (Lipinski definition) is 1. The molecule has 0 spiro atoms. The Labute approximate surface area is 174 Å². The fourth-order valence-corrected chi connectivity index (χ4v) is 4.77. The molecule has 0 bridgehead atoms. The third kappa shape index (κ3) is 7.02. The van der Waals surface area contributed by atoms with Crippen molar-refractivity contribution in [2.75, 3.05) is 11.5 Å². The molecule has 1 aliphatic heterocycles. The lowest BCUT2D eigenvalue weighted by molar-refractivity contribution is -0.106.